The zero-order valence-corrected chi connectivity index (χ0v) is 15.9. The number of benzene rings is 1. The van der Waals surface area contributed by atoms with E-state index in [1.807, 2.05) is 0 Å². The molecule has 1 aliphatic carbocycles. The molecule has 2 aromatic rings. The van der Waals surface area contributed by atoms with Gasteiger partial charge in [-0.25, -0.2) is 9.97 Å². The molecule has 0 saturated heterocycles. The minimum Gasteiger partial charge on any atom is -0.352 e. The molecule has 1 aromatic heterocycles. The lowest BCUT2D eigenvalue weighted by Crippen LogP contribution is -2.31. The average molecular weight is 443 g/mol. The zero-order valence-electron chi connectivity index (χ0n) is 14.3. The second-order valence-electron chi connectivity index (χ2n) is 6.45. The number of anilines is 2. The van der Waals surface area contributed by atoms with Crippen LogP contribution in [0.1, 0.15) is 41.7 Å². The van der Waals surface area contributed by atoms with Crippen molar-refractivity contribution in [2.75, 3.05) is 11.9 Å². The molecule has 1 amide bonds. The molecule has 3 rings (SSSR count). The summed E-state index contributed by atoms with van der Waals surface area (Å²) in [5, 5.41) is 5.30. The van der Waals surface area contributed by atoms with Crippen LogP contribution in [-0.2, 0) is 6.18 Å². The molecule has 0 spiro atoms. The van der Waals surface area contributed by atoms with E-state index in [-0.39, 0.29) is 5.95 Å². The fourth-order valence-electron chi connectivity index (χ4n) is 3.07. The summed E-state index contributed by atoms with van der Waals surface area (Å²) in [7, 11) is 0. The molecule has 0 bridgehead atoms. The number of rotatable bonds is 5. The Morgan fingerprint density at radius 3 is 2.67 bits per heavy atom. The summed E-state index contributed by atoms with van der Waals surface area (Å²) in [6, 6.07) is 6.86. The molecule has 9 heteroatoms. The molecule has 0 aliphatic heterocycles. The largest absolute Gasteiger partial charge is 0.434 e. The summed E-state index contributed by atoms with van der Waals surface area (Å²) in [4.78, 5) is 19.7. The maximum atomic E-state index is 13.4. The van der Waals surface area contributed by atoms with Crippen LogP contribution >= 0.6 is 15.9 Å². The van der Waals surface area contributed by atoms with Crippen LogP contribution in [0.15, 0.2) is 34.9 Å². The quantitative estimate of drug-likeness (QED) is 0.689. The van der Waals surface area contributed by atoms with Crippen LogP contribution in [0.25, 0.3) is 0 Å². The van der Waals surface area contributed by atoms with Gasteiger partial charge in [0.1, 0.15) is 0 Å². The topological polar surface area (TPSA) is 66.9 Å². The Hall–Kier alpha value is -2.16. The van der Waals surface area contributed by atoms with Crippen LogP contribution in [0.5, 0.6) is 0 Å². The third-order valence-electron chi connectivity index (χ3n) is 4.41. The van der Waals surface area contributed by atoms with E-state index < -0.39 is 23.3 Å². The van der Waals surface area contributed by atoms with Gasteiger partial charge in [-0.2, -0.15) is 13.2 Å². The van der Waals surface area contributed by atoms with E-state index in [1.165, 1.54) is 0 Å². The second-order valence-corrected chi connectivity index (χ2v) is 7.37. The van der Waals surface area contributed by atoms with Gasteiger partial charge >= 0.3 is 6.18 Å². The molecule has 0 unspecified atom stereocenters. The highest BCUT2D eigenvalue weighted by molar-refractivity contribution is 9.10. The number of amides is 1. The van der Waals surface area contributed by atoms with E-state index in [9.17, 15) is 18.0 Å². The highest BCUT2D eigenvalue weighted by Gasteiger charge is 2.38. The number of nitrogens with zero attached hydrogens (tertiary/aromatic N) is 2. The number of halogens is 4. The van der Waals surface area contributed by atoms with Crippen LogP contribution in [0.4, 0.5) is 24.8 Å². The SMILES string of the molecule is O=C(NCC1CCCC1)c1cnc(Nc2cccc(Br)c2)nc1C(F)(F)F. The summed E-state index contributed by atoms with van der Waals surface area (Å²) in [6.07, 6.45) is 0.300. The lowest BCUT2D eigenvalue weighted by atomic mass is 10.1. The lowest BCUT2D eigenvalue weighted by Gasteiger charge is -2.15. The molecule has 1 aliphatic rings. The molecule has 2 N–H and O–H groups in total. The number of alkyl halides is 3. The minimum atomic E-state index is -4.77. The van der Waals surface area contributed by atoms with E-state index >= 15 is 0 Å². The predicted molar refractivity (Wildman–Crippen MR) is 98.7 cm³/mol. The Morgan fingerprint density at radius 1 is 1.26 bits per heavy atom. The molecule has 1 saturated carbocycles. The van der Waals surface area contributed by atoms with E-state index in [1.54, 1.807) is 24.3 Å². The Balaban J connectivity index is 1.80. The lowest BCUT2D eigenvalue weighted by molar-refractivity contribution is -0.141. The zero-order chi connectivity index (χ0) is 19.4. The monoisotopic (exact) mass is 442 g/mol. The number of hydrogen-bond donors (Lipinski definition) is 2. The van der Waals surface area contributed by atoms with Crippen molar-refractivity contribution in [1.82, 2.24) is 15.3 Å². The van der Waals surface area contributed by atoms with Crippen molar-refractivity contribution >= 4 is 33.5 Å². The Labute approximate surface area is 162 Å². The minimum absolute atomic E-state index is 0.229. The van der Waals surface area contributed by atoms with E-state index in [0.29, 0.717) is 18.2 Å². The van der Waals surface area contributed by atoms with E-state index in [4.69, 9.17) is 0 Å². The number of carbonyl (C=O) groups is 1. The normalized spacial score (nSPS) is 15.0. The molecule has 0 radical (unpaired) electrons. The molecule has 0 atom stereocenters. The molecular weight excluding hydrogens is 425 g/mol. The maximum Gasteiger partial charge on any atom is 0.434 e. The van der Waals surface area contributed by atoms with Crippen molar-refractivity contribution < 1.29 is 18.0 Å². The van der Waals surface area contributed by atoms with Gasteiger partial charge in [0.2, 0.25) is 5.95 Å². The summed E-state index contributed by atoms with van der Waals surface area (Å²) in [5.74, 6) is -0.710. The molecule has 144 valence electrons. The number of carbonyl (C=O) groups excluding carboxylic acids is 1. The highest BCUT2D eigenvalue weighted by atomic mass is 79.9. The van der Waals surface area contributed by atoms with Gasteiger partial charge in [0.05, 0.1) is 5.56 Å². The average Bonchev–Trinajstić information content (AvgIpc) is 3.12. The summed E-state index contributed by atoms with van der Waals surface area (Å²) < 4.78 is 41.0. The predicted octanol–water partition coefficient (Wildman–Crippen LogP) is 4.92. The molecule has 1 fully saturated rings. The van der Waals surface area contributed by atoms with Crippen LogP contribution in [0, 0.1) is 5.92 Å². The summed E-state index contributed by atoms with van der Waals surface area (Å²) in [5.41, 5.74) is -1.30. The van der Waals surface area contributed by atoms with Gasteiger partial charge in [-0.05, 0) is 37.0 Å². The van der Waals surface area contributed by atoms with Crippen molar-refractivity contribution in [3.63, 3.8) is 0 Å². The van der Waals surface area contributed by atoms with Crippen molar-refractivity contribution in [2.24, 2.45) is 5.92 Å². The van der Waals surface area contributed by atoms with Gasteiger partial charge in [-0.3, -0.25) is 4.79 Å². The van der Waals surface area contributed by atoms with Crippen molar-refractivity contribution in [3.8, 4) is 0 Å². The highest BCUT2D eigenvalue weighted by Crippen LogP contribution is 2.31. The van der Waals surface area contributed by atoms with E-state index in [0.717, 1.165) is 36.4 Å². The molecule has 5 nitrogen and oxygen atoms in total. The molecule has 27 heavy (non-hydrogen) atoms. The number of nitrogens with one attached hydrogen (secondary N) is 2. The van der Waals surface area contributed by atoms with Crippen LogP contribution in [0.3, 0.4) is 0 Å². The molecule has 1 heterocycles. The van der Waals surface area contributed by atoms with Gasteiger partial charge in [0.15, 0.2) is 5.69 Å². The summed E-state index contributed by atoms with van der Waals surface area (Å²) >= 11 is 3.28. The van der Waals surface area contributed by atoms with Crippen molar-refractivity contribution in [3.05, 3.63) is 46.2 Å². The second kappa shape index (κ2) is 8.24. The number of aromatic nitrogens is 2. The first-order valence-electron chi connectivity index (χ1n) is 8.58. The Morgan fingerprint density at radius 2 is 2.00 bits per heavy atom. The molecule has 1 aromatic carbocycles. The fourth-order valence-corrected chi connectivity index (χ4v) is 3.47. The van der Waals surface area contributed by atoms with Crippen molar-refractivity contribution in [1.29, 1.82) is 0 Å². The van der Waals surface area contributed by atoms with Gasteiger partial charge < -0.3 is 10.6 Å². The third-order valence-corrected chi connectivity index (χ3v) is 4.90. The van der Waals surface area contributed by atoms with Gasteiger partial charge in [0, 0.05) is 22.9 Å². The van der Waals surface area contributed by atoms with Crippen molar-refractivity contribution in [2.45, 2.75) is 31.9 Å². The van der Waals surface area contributed by atoms with Crippen LogP contribution in [0.2, 0.25) is 0 Å². The van der Waals surface area contributed by atoms with Gasteiger partial charge in [0.25, 0.3) is 5.91 Å². The Bertz CT molecular complexity index is 822. The summed E-state index contributed by atoms with van der Waals surface area (Å²) in [6.45, 7) is 0.369. The van der Waals surface area contributed by atoms with Gasteiger partial charge in [-0.15, -0.1) is 0 Å². The standard InChI is InChI=1S/C18H18BrF3N4O/c19-12-6-3-7-13(8-12)25-17-24-10-14(15(26-17)18(20,21)22)16(27)23-9-11-4-1-2-5-11/h3,6-8,10-11H,1-2,4-5,9H2,(H,23,27)(H,24,25,26). The van der Waals surface area contributed by atoms with Gasteiger partial charge in [-0.1, -0.05) is 34.8 Å². The fraction of sp³-hybridized carbons (Fsp3) is 0.389. The maximum absolute atomic E-state index is 13.4. The number of hydrogen-bond acceptors (Lipinski definition) is 4. The Kier molecular flexibility index (Phi) is 5.98. The first-order chi connectivity index (χ1) is 12.8. The smallest absolute Gasteiger partial charge is 0.352 e. The first kappa shape index (κ1) is 19.6. The molecular formula is C18H18BrF3N4O. The first-order valence-corrected chi connectivity index (χ1v) is 9.37. The third kappa shape index (κ3) is 5.18. The van der Waals surface area contributed by atoms with E-state index in [2.05, 4.69) is 36.5 Å². The van der Waals surface area contributed by atoms with Crippen LogP contribution < -0.4 is 10.6 Å². The van der Waals surface area contributed by atoms with Crippen LogP contribution in [-0.4, -0.2) is 22.4 Å².